The second-order valence-corrected chi connectivity index (χ2v) is 4.31. The molecule has 2 heterocycles. The van der Waals surface area contributed by atoms with Crippen LogP contribution in [-0.2, 0) is 9.47 Å². The van der Waals surface area contributed by atoms with Gasteiger partial charge >= 0.3 is 5.97 Å². The zero-order valence-corrected chi connectivity index (χ0v) is 10.2. The number of hydrogen-bond acceptors (Lipinski definition) is 5. The van der Waals surface area contributed by atoms with E-state index in [0.29, 0.717) is 18.8 Å². The van der Waals surface area contributed by atoms with E-state index in [1.54, 1.807) is 29.4 Å². The number of carbonyl (C=O) groups excluding carboxylic acids is 1. The zero-order chi connectivity index (χ0) is 13.1. The molecule has 6 nitrogen and oxygen atoms in total. The van der Waals surface area contributed by atoms with Crippen molar-refractivity contribution in [2.45, 2.75) is 12.5 Å². The first-order valence-electron chi connectivity index (χ1n) is 6.07. The third-order valence-corrected chi connectivity index (χ3v) is 2.98. The molecule has 0 bridgehead atoms. The monoisotopic (exact) mass is 259 g/mol. The van der Waals surface area contributed by atoms with E-state index < -0.39 is 0 Å². The lowest BCUT2D eigenvalue weighted by Crippen LogP contribution is -2.18. The molecule has 0 spiro atoms. The first kappa shape index (κ1) is 11.9. The van der Waals surface area contributed by atoms with Gasteiger partial charge < -0.3 is 9.47 Å². The highest BCUT2D eigenvalue weighted by Gasteiger charge is 2.20. The van der Waals surface area contributed by atoms with Crippen molar-refractivity contribution in [3.05, 3.63) is 42.5 Å². The summed E-state index contributed by atoms with van der Waals surface area (Å²) >= 11 is 0. The summed E-state index contributed by atoms with van der Waals surface area (Å²) in [4.78, 5) is 11.9. The Labute approximate surface area is 110 Å². The van der Waals surface area contributed by atoms with E-state index in [2.05, 4.69) is 10.2 Å². The Bertz CT molecular complexity index is 545. The maximum absolute atomic E-state index is 11.9. The highest BCUT2D eigenvalue weighted by molar-refractivity contribution is 5.89. The second kappa shape index (κ2) is 5.19. The molecule has 98 valence electrons. The van der Waals surface area contributed by atoms with Gasteiger partial charge in [0.25, 0.3) is 0 Å². The van der Waals surface area contributed by atoms with Crippen molar-refractivity contribution in [1.82, 2.24) is 14.8 Å². The average molecular weight is 259 g/mol. The normalized spacial score (nSPS) is 18.4. The number of nitrogens with zero attached hydrogens (tertiary/aromatic N) is 3. The van der Waals surface area contributed by atoms with Gasteiger partial charge in [-0.2, -0.15) is 0 Å². The lowest BCUT2D eigenvalue weighted by atomic mass is 10.2. The van der Waals surface area contributed by atoms with Crippen molar-refractivity contribution < 1.29 is 14.3 Å². The molecule has 0 aliphatic carbocycles. The number of aromatic nitrogens is 3. The standard InChI is InChI=1S/C13H13N3O3/c17-13(19-12-5-6-18-7-12)10-1-3-11(4-2-10)16-8-14-15-9-16/h1-4,8-9,12H,5-7H2/t12-/m0/s1. The quantitative estimate of drug-likeness (QED) is 0.775. The largest absolute Gasteiger partial charge is 0.456 e. The minimum Gasteiger partial charge on any atom is -0.456 e. The minimum absolute atomic E-state index is 0.120. The molecule has 0 unspecified atom stereocenters. The van der Waals surface area contributed by atoms with Gasteiger partial charge in [0.2, 0.25) is 0 Å². The second-order valence-electron chi connectivity index (χ2n) is 4.31. The molecule has 1 saturated heterocycles. The van der Waals surface area contributed by atoms with Gasteiger partial charge in [-0.1, -0.05) is 0 Å². The molecule has 19 heavy (non-hydrogen) atoms. The van der Waals surface area contributed by atoms with E-state index in [4.69, 9.17) is 9.47 Å². The molecule has 1 aromatic heterocycles. The van der Waals surface area contributed by atoms with Gasteiger partial charge in [-0.3, -0.25) is 4.57 Å². The van der Waals surface area contributed by atoms with Gasteiger partial charge in [0, 0.05) is 12.1 Å². The number of esters is 1. The minimum atomic E-state index is -0.314. The SMILES string of the molecule is O=C(O[C@H]1CCOC1)c1ccc(-n2cnnc2)cc1. The van der Waals surface area contributed by atoms with Gasteiger partial charge in [-0.05, 0) is 24.3 Å². The summed E-state index contributed by atoms with van der Waals surface area (Å²) in [6, 6.07) is 7.11. The Morgan fingerprint density at radius 1 is 1.26 bits per heavy atom. The summed E-state index contributed by atoms with van der Waals surface area (Å²) in [6.45, 7) is 1.15. The summed E-state index contributed by atoms with van der Waals surface area (Å²) < 4.78 is 12.3. The highest BCUT2D eigenvalue weighted by Crippen LogP contribution is 2.13. The Balaban J connectivity index is 1.69. The molecular weight excluding hydrogens is 246 g/mol. The van der Waals surface area contributed by atoms with E-state index in [1.807, 2.05) is 12.1 Å². The Kier molecular flexibility index (Phi) is 3.24. The molecular formula is C13H13N3O3. The fourth-order valence-corrected chi connectivity index (χ4v) is 1.93. The fraction of sp³-hybridized carbons (Fsp3) is 0.308. The van der Waals surface area contributed by atoms with E-state index in [0.717, 1.165) is 12.1 Å². The maximum atomic E-state index is 11.9. The summed E-state index contributed by atoms with van der Waals surface area (Å²) in [6.07, 6.45) is 3.85. The molecule has 6 heteroatoms. The van der Waals surface area contributed by atoms with Crippen LogP contribution in [0.2, 0.25) is 0 Å². The number of benzene rings is 1. The van der Waals surface area contributed by atoms with Crippen LogP contribution in [0.25, 0.3) is 5.69 Å². The van der Waals surface area contributed by atoms with E-state index in [1.165, 1.54) is 0 Å². The molecule has 1 fully saturated rings. The van der Waals surface area contributed by atoms with Crippen LogP contribution in [0.3, 0.4) is 0 Å². The fourth-order valence-electron chi connectivity index (χ4n) is 1.93. The van der Waals surface area contributed by atoms with Crippen LogP contribution < -0.4 is 0 Å². The van der Waals surface area contributed by atoms with Crippen molar-refractivity contribution >= 4 is 5.97 Å². The van der Waals surface area contributed by atoms with Gasteiger partial charge in [0.05, 0.1) is 18.8 Å². The Morgan fingerprint density at radius 3 is 2.63 bits per heavy atom. The Hall–Kier alpha value is -2.21. The van der Waals surface area contributed by atoms with Crippen LogP contribution in [0, 0.1) is 0 Å². The van der Waals surface area contributed by atoms with Crippen molar-refractivity contribution in [1.29, 1.82) is 0 Å². The molecule has 1 aliphatic heterocycles. The topological polar surface area (TPSA) is 66.2 Å². The zero-order valence-electron chi connectivity index (χ0n) is 10.2. The molecule has 0 amide bonds. The van der Waals surface area contributed by atoms with Crippen LogP contribution in [-0.4, -0.2) is 40.1 Å². The Morgan fingerprint density at radius 2 is 2.00 bits per heavy atom. The third kappa shape index (κ3) is 2.63. The number of ether oxygens (including phenoxy) is 2. The molecule has 3 rings (SSSR count). The van der Waals surface area contributed by atoms with Gasteiger partial charge in [0.1, 0.15) is 18.8 Å². The number of rotatable bonds is 3. The lowest BCUT2D eigenvalue weighted by molar-refractivity contribution is 0.0270. The average Bonchev–Trinajstić information content (AvgIpc) is 3.12. The summed E-state index contributed by atoms with van der Waals surface area (Å²) in [7, 11) is 0. The molecule has 0 N–H and O–H groups in total. The van der Waals surface area contributed by atoms with Gasteiger partial charge in [-0.15, -0.1) is 10.2 Å². The van der Waals surface area contributed by atoms with Crippen LogP contribution in [0.5, 0.6) is 0 Å². The van der Waals surface area contributed by atoms with Gasteiger partial charge in [0.15, 0.2) is 0 Å². The first-order chi connectivity index (χ1) is 9.33. The van der Waals surface area contributed by atoms with Crippen LogP contribution in [0.1, 0.15) is 16.8 Å². The van der Waals surface area contributed by atoms with Crippen molar-refractivity contribution in [3.63, 3.8) is 0 Å². The van der Waals surface area contributed by atoms with Crippen LogP contribution in [0.15, 0.2) is 36.9 Å². The molecule has 2 aromatic rings. The van der Waals surface area contributed by atoms with Crippen molar-refractivity contribution in [2.75, 3.05) is 13.2 Å². The highest BCUT2D eigenvalue weighted by atomic mass is 16.6. The predicted molar refractivity (Wildman–Crippen MR) is 66.0 cm³/mol. The van der Waals surface area contributed by atoms with Crippen molar-refractivity contribution in [2.24, 2.45) is 0 Å². The maximum Gasteiger partial charge on any atom is 0.338 e. The predicted octanol–water partition coefficient (Wildman–Crippen LogP) is 1.21. The molecule has 1 atom stereocenters. The van der Waals surface area contributed by atoms with Crippen LogP contribution >= 0.6 is 0 Å². The molecule has 0 saturated carbocycles. The lowest BCUT2D eigenvalue weighted by Gasteiger charge is -2.10. The van der Waals surface area contributed by atoms with E-state index in [9.17, 15) is 4.79 Å². The summed E-state index contributed by atoms with van der Waals surface area (Å²) in [5, 5.41) is 7.46. The molecule has 0 radical (unpaired) electrons. The first-order valence-corrected chi connectivity index (χ1v) is 6.07. The molecule has 1 aliphatic rings. The summed E-state index contributed by atoms with van der Waals surface area (Å²) in [5.41, 5.74) is 1.43. The summed E-state index contributed by atoms with van der Waals surface area (Å²) in [5.74, 6) is -0.314. The smallest absolute Gasteiger partial charge is 0.338 e. The van der Waals surface area contributed by atoms with Crippen LogP contribution in [0.4, 0.5) is 0 Å². The van der Waals surface area contributed by atoms with Crippen molar-refractivity contribution in [3.8, 4) is 5.69 Å². The third-order valence-electron chi connectivity index (χ3n) is 2.98. The number of hydrogen-bond donors (Lipinski definition) is 0. The van der Waals surface area contributed by atoms with Gasteiger partial charge in [-0.25, -0.2) is 4.79 Å². The molecule has 1 aromatic carbocycles. The van der Waals surface area contributed by atoms with E-state index in [-0.39, 0.29) is 12.1 Å². The van der Waals surface area contributed by atoms with E-state index >= 15 is 0 Å². The number of carbonyl (C=O) groups is 1.